The first-order valence-electron chi connectivity index (χ1n) is 10.9. The smallest absolute Gasteiger partial charge is 0.257 e. The largest absolute Gasteiger partial charge is 0.491 e. The second kappa shape index (κ2) is 12.1. The highest BCUT2D eigenvalue weighted by Crippen LogP contribution is 2.22. The van der Waals surface area contributed by atoms with Crippen LogP contribution in [0.25, 0.3) is 0 Å². The molecule has 2 aromatic rings. The fraction of sp³-hybridized carbons (Fsp3) is 0.391. The molecule has 2 N–H and O–H groups in total. The predicted molar refractivity (Wildman–Crippen MR) is 131 cm³/mol. The van der Waals surface area contributed by atoms with Crippen LogP contribution in [0, 0.1) is 0 Å². The number of thiocarbonyl (C=S) groups is 1. The summed E-state index contributed by atoms with van der Waals surface area (Å²) < 4.78 is 37.8. The van der Waals surface area contributed by atoms with Crippen LogP contribution in [-0.4, -0.2) is 56.7 Å². The van der Waals surface area contributed by atoms with E-state index in [4.69, 9.17) is 21.7 Å². The van der Waals surface area contributed by atoms with Crippen molar-refractivity contribution in [1.29, 1.82) is 0 Å². The highest BCUT2D eigenvalue weighted by atomic mass is 32.2. The first-order valence-corrected chi connectivity index (χ1v) is 12.8. The van der Waals surface area contributed by atoms with Crippen molar-refractivity contribution in [3.8, 4) is 5.75 Å². The minimum atomic E-state index is -3.49. The van der Waals surface area contributed by atoms with E-state index in [2.05, 4.69) is 10.6 Å². The summed E-state index contributed by atoms with van der Waals surface area (Å²) in [7, 11) is -3.49. The molecule has 3 rings (SSSR count). The molecule has 0 radical (unpaired) electrons. The van der Waals surface area contributed by atoms with Crippen molar-refractivity contribution in [3.05, 3.63) is 54.1 Å². The molecule has 1 saturated heterocycles. The molecule has 0 atom stereocenters. The van der Waals surface area contributed by atoms with Gasteiger partial charge in [0.05, 0.1) is 11.5 Å². The summed E-state index contributed by atoms with van der Waals surface area (Å²) in [6.07, 6.45) is 2.83. The summed E-state index contributed by atoms with van der Waals surface area (Å²) >= 11 is 5.22. The van der Waals surface area contributed by atoms with Gasteiger partial charge in [-0.1, -0.05) is 6.42 Å². The molecule has 0 unspecified atom stereocenters. The first-order chi connectivity index (χ1) is 15.9. The number of hydrogen-bond acceptors (Lipinski definition) is 6. The molecule has 8 nitrogen and oxygen atoms in total. The minimum Gasteiger partial charge on any atom is -0.491 e. The molecule has 0 aliphatic carbocycles. The zero-order valence-corrected chi connectivity index (χ0v) is 20.2. The lowest BCUT2D eigenvalue weighted by molar-refractivity contribution is 0.0977. The summed E-state index contributed by atoms with van der Waals surface area (Å²) in [4.78, 5) is 12.7. The van der Waals surface area contributed by atoms with Gasteiger partial charge in [0, 0.05) is 30.9 Å². The Balaban J connectivity index is 1.51. The number of amides is 1. The molecule has 0 bridgehead atoms. The van der Waals surface area contributed by atoms with Gasteiger partial charge in [-0.2, -0.15) is 4.31 Å². The number of nitrogens with one attached hydrogen (secondary N) is 2. The van der Waals surface area contributed by atoms with Crippen molar-refractivity contribution in [1.82, 2.24) is 9.62 Å². The normalized spacial score (nSPS) is 14.5. The van der Waals surface area contributed by atoms with Crippen molar-refractivity contribution in [2.75, 3.05) is 38.2 Å². The second-order valence-electron chi connectivity index (χ2n) is 7.47. The van der Waals surface area contributed by atoms with Crippen molar-refractivity contribution in [2.45, 2.75) is 31.1 Å². The average Bonchev–Trinajstić information content (AvgIpc) is 2.83. The van der Waals surface area contributed by atoms with E-state index in [1.165, 1.54) is 4.31 Å². The van der Waals surface area contributed by atoms with Crippen LogP contribution in [0.1, 0.15) is 36.5 Å². The number of rotatable bonds is 9. The van der Waals surface area contributed by atoms with Crippen LogP contribution < -0.4 is 15.4 Å². The molecule has 0 saturated carbocycles. The van der Waals surface area contributed by atoms with Gasteiger partial charge in [-0.3, -0.25) is 10.1 Å². The zero-order valence-electron chi connectivity index (χ0n) is 18.6. The zero-order chi connectivity index (χ0) is 23.7. The number of hydrogen-bond donors (Lipinski definition) is 2. The van der Waals surface area contributed by atoms with Gasteiger partial charge in [0.2, 0.25) is 10.0 Å². The summed E-state index contributed by atoms with van der Waals surface area (Å²) in [6.45, 7) is 4.61. The Bertz CT molecular complexity index is 1030. The molecular weight excluding hydrogens is 462 g/mol. The monoisotopic (exact) mass is 491 g/mol. The maximum atomic E-state index is 12.7. The number of benzene rings is 2. The van der Waals surface area contributed by atoms with Gasteiger partial charge in [0.1, 0.15) is 12.4 Å². The van der Waals surface area contributed by atoms with Crippen LogP contribution in [0.2, 0.25) is 0 Å². The molecule has 1 aliphatic rings. The maximum Gasteiger partial charge on any atom is 0.257 e. The highest BCUT2D eigenvalue weighted by molar-refractivity contribution is 7.89. The molecule has 1 heterocycles. The van der Waals surface area contributed by atoms with E-state index in [1.54, 1.807) is 48.5 Å². The standard InChI is InChI=1S/C23H29N3O5S2/c1-2-30-16-17-31-20-10-6-18(7-11-20)22(27)25-23(32)24-19-8-12-21(13-9-19)33(28,29)26-14-4-3-5-15-26/h6-13H,2-5,14-17H2,1H3,(H2,24,25,27,32). The van der Waals surface area contributed by atoms with Gasteiger partial charge in [0.25, 0.3) is 5.91 Å². The Morgan fingerprint density at radius 3 is 2.30 bits per heavy atom. The lowest BCUT2D eigenvalue weighted by atomic mass is 10.2. The quantitative estimate of drug-likeness (QED) is 0.410. The lowest BCUT2D eigenvalue weighted by Gasteiger charge is -2.25. The Hall–Kier alpha value is -2.53. The van der Waals surface area contributed by atoms with Gasteiger partial charge in [-0.25, -0.2) is 8.42 Å². The van der Waals surface area contributed by atoms with Crippen LogP contribution in [0.15, 0.2) is 53.4 Å². The van der Waals surface area contributed by atoms with Crippen LogP contribution in [0.3, 0.4) is 0 Å². The van der Waals surface area contributed by atoms with Gasteiger partial charge >= 0.3 is 0 Å². The third-order valence-corrected chi connectivity index (χ3v) is 7.23. The maximum absolute atomic E-state index is 12.7. The molecule has 1 aliphatic heterocycles. The first kappa shape index (κ1) is 25.1. The molecule has 33 heavy (non-hydrogen) atoms. The molecule has 0 spiro atoms. The third-order valence-electron chi connectivity index (χ3n) is 5.11. The summed E-state index contributed by atoms with van der Waals surface area (Å²) in [5, 5.41) is 5.63. The number of carbonyl (C=O) groups excluding carboxylic acids is 1. The van der Waals surface area contributed by atoms with Crippen LogP contribution in [-0.2, 0) is 14.8 Å². The fourth-order valence-corrected chi connectivity index (χ4v) is 5.10. The molecule has 2 aromatic carbocycles. The number of ether oxygens (including phenoxy) is 2. The van der Waals surface area contributed by atoms with E-state index in [-0.39, 0.29) is 15.9 Å². The Kier molecular flexibility index (Phi) is 9.19. The number of piperidine rings is 1. The number of anilines is 1. The lowest BCUT2D eigenvalue weighted by Crippen LogP contribution is -2.35. The van der Waals surface area contributed by atoms with Crippen molar-refractivity contribution >= 4 is 38.9 Å². The second-order valence-corrected chi connectivity index (χ2v) is 9.81. The Morgan fingerprint density at radius 2 is 1.67 bits per heavy atom. The van der Waals surface area contributed by atoms with Crippen molar-refractivity contribution in [3.63, 3.8) is 0 Å². The van der Waals surface area contributed by atoms with Crippen molar-refractivity contribution in [2.24, 2.45) is 0 Å². The van der Waals surface area contributed by atoms with E-state index in [0.29, 0.717) is 49.9 Å². The fourth-order valence-electron chi connectivity index (χ4n) is 3.37. The van der Waals surface area contributed by atoms with E-state index < -0.39 is 10.0 Å². The van der Waals surface area contributed by atoms with Gasteiger partial charge in [-0.05, 0) is 80.5 Å². The van der Waals surface area contributed by atoms with E-state index >= 15 is 0 Å². The summed E-state index contributed by atoms with van der Waals surface area (Å²) in [6, 6.07) is 13.1. The molecule has 178 valence electrons. The van der Waals surface area contributed by atoms with Gasteiger partial charge in [0.15, 0.2) is 5.11 Å². The van der Waals surface area contributed by atoms with Gasteiger partial charge in [-0.15, -0.1) is 0 Å². The third kappa shape index (κ3) is 7.23. The SMILES string of the molecule is CCOCCOc1ccc(C(=O)NC(=S)Nc2ccc(S(=O)(=O)N3CCCCC3)cc2)cc1. The molecule has 1 amide bonds. The van der Waals surface area contributed by atoms with Crippen molar-refractivity contribution < 1.29 is 22.7 Å². The summed E-state index contributed by atoms with van der Waals surface area (Å²) in [5.74, 6) is 0.282. The van der Waals surface area contributed by atoms with E-state index in [0.717, 1.165) is 19.3 Å². The number of carbonyl (C=O) groups is 1. The highest BCUT2D eigenvalue weighted by Gasteiger charge is 2.25. The topological polar surface area (TPSA) is 97.0 Å². The predicted octanol–water partition coefficient (Wildman–Crippen LogP) is 3.40. The van der Waals surface area contributed by atoms with Crippen LogP contribution in [0.4, 0.5) is 5.69 Å². The van der Waals surface area contributed by atoms with Crippen LogP contribution in [0.5, 0.6) is 5.75 Å². The minimum absolute atomic E-state index is 0.115. The molecule has 0 aromatic heterocycles. The Morgan fingerprint density at radius 1 is 1.00 bits per heavy atom. The van der Waals surface area contributed by atoms with Gasteiger partial charge < -0.3 is 14.8 Å². The number of nitrogens with zero attached hydrogens (tertiary/aromatic N) is 1. The molecule has 1 fully saturated rings. The number of sulfonamides is 1. The Labute approximate surface area is 200 Å². The molecule has 10 heteroatoms. The molecular formula is C23H29N3O5S2. The van der Waals surface area contributed by atoms with E-state index in [1.807, 2.05) is 6.92 Å². The van der Waals surface area contributed by atoms with Crippen LogP contribution >= 0.6 is 12.2 Å². The summed E-state index contributed by atoms with van der Waals surface area (Å²) in [5.41, 5.74) is 1.01. The van der Waals surface area contributed by atoms with E-state index in [9.17, 15) is 13.2 Å². The average molecular weight is 492 g/mol.